The minimum Gasteiger partial charge on any atom is -0.383 e. The van der Waals surface area contributed by atoms with Gasteiger partial charge in [0.25, 0.3) is 0 Å². The maximum absolute atomic E-state index is 11.0. The molecule has 0 aliphatic rings. The van der Waals surface area contributed by atoms with E-state index in [1.807, 2.05) is 12.1 Å². The van der Waals surface area contributed by atoms with Crippen LogP contribution in [-0.2, 0) is 15.5 Å². The predicted molar refractivity (Wildman–Crippen MR) is 65.2 cm³/mol. The maximum atomic E-state index is 11.0. The second-order valence-electron chi connectivity index (χ2n) is 4.55. The first kappa shape index (κ1) is 13.0. The molecule has 0 radical (unpaired) electrons. The van der Waals surface area contributed by atoms with Crippen LogP contribution in [0.4, 0.5) is 0 Å². The molecule has 0 aliphatic carbocycles. The molecule has 0 saturated carbocycles. The molecule has 0 heterocycles. The Balaban J connectivity index is 3.05. The van der Waals surface area contributed by atoms with Crippen molar-refractivity contribution < 1.29 is 12.6 Å². The van der Waals surface area contributed by atoms with E-state index >= 15 is 0 Å². The summed E-state index contributed by atoms with van der Waals surface area (Å²) in [7, 11) is -3.45. The normalized spacial score (nSPS) is 12.5. The number of benzene rings is 1. The summed E-state index contributed by atoms with van der Waals surface area (Å²) in [5.41, 5.74) is 1.10. The second kappa shape index (κ2) is 4.45. The first-order valence-electron chi connectivity index (χ1n) is 5.24. The van der Waals surface area contributed by atoms with Crippen molar-refractivity contribution in [3.05, 3.63) is 29.8 Å². The van der Waals surface area contributed by atoms with E-state index in [4.69, 9.17) is 4.18 Å². The molecule has 1 rings (SSSR count). The molecule has 1 aromatic carbocycles. The molecule has 0 fully saturated rings. The van der Waals surface area contributed by atoms with Gasteiger partial charge in [-0.25, -0.2) is 0 Å². The fourth-order valence-corrected chi connectivity index (χ4v) is 1.80. The van der Waals surface area contributed by atoms with Gasteiger partial charge in [-0.3, -0.25) is 0 Å². The van der Waals surface area contributed by atoms with Crippen LogP contribution in [0.5, 0.6) is 5.75 Å². The zero-order chi connectivity index (χ0) is 12.4. The zero-order valence-corrected chi connectivity index (χ0v) is 11.0. The van der Waals surface area contributed by atoms with Crippen molar-refractivity contribution in [2.24, 2.45) is 0 Å². The Hall–Kier alpha value is -1.03. The molecule has 1 aromatic rings. The smallest absolute Gasteiger partial charge is 0.306 e. The Labute approximate surface area is 97.6 Å². The highest BCUT2D eigenvalue weighted by Crippen LogP contribution is 2.29. The quantitative estimate of drug-likeness (QED) is 0.762. The lowest BCUT2D eigenvalue weighted by atomic mass is 9.82. The molecule has 0 atom stereocenters. The van der Waals surface area contributed by atoms with Gasteiger partial charge in [0.2, 0.25) is 0 Å². The van der Waals surface area contributed by atoms with Gasteiger partial charge >= 0.3 is 10.1 Å². The summed E-state index contributed by atoms with van der Waals surface area (Å²) in [6.07, 6.45) is 2.03. The van der Waals surface area contributed by atoms with E-state index in [1.54, 1.807) is 12.1 Å². The van der Waals surface area contributed by atoms with Gasteiger partial charge in [-0.05, 0) is 29.5 Å². The zero-order valence-electron chi connectivity index (χ0n) is 10.1. The van der Waals surface area contributed by atoms with E-state index in [0.717, 1.165) is 18.2 Å². The van der Waals surface area contributed by atoms with Gasteiger partial charge in [0.05, 0.1) is 6.26 Å². The first-order chi connectivity index (χ1) is 7.24. The van der Waals surface area contributed by atoms with Crippen molar-refractivity contribution >= 4 is 10.1 Å². The van der Waals surface area contributed by atoms with Gasteiger partial charge in [-0.2, -0.15) is 8.42 Å². The molecule has 4 heteroatoms. The van der Waals surface area contributed by atoms with Crippen molar-refractivity contribution in [1.29, 1.82) is 0 Å². The minimum atomic E-state index is -3.45. The number of hydrogen-bond donors (Lipinski definition) is 0. The Kier molecular flexibility index (Phi) is 3.63. The summed E-state index contributed by atoms with van der Waals surface area (Å²) in [6, 6.07) is 7.23. The van der Waals surface area contributed by atoms with Crippen LogP contribution in [0, 0.1) is 0 Å². The fraction of sp³-hybridized carbons (Fsp3) is 0.500. The van der Waals surface area contributed by atoms with E-state index in [0.29, 0.717) is 5.75 Å². The fourth-order valence-electron chi connectivity index (χ4n) is 1.35. The lowest BCUT2D eigenvalue weighted by Crippen LogP contribution is -2.15. The van der Waals surface area contributed by atoms with E-state index < -0.39 is 10.1 Å². The Morgan fingerprint density at radius 3 is 2.44 bits per heavy atom. The highest BCUT2D eigenvalue weighted by molar-refractivity contribution is 7.86. The van der Waals surface area contributed by atoms with Crippen LogP contribution in [0.25, 0.3) is 0 Å². The monoisotopic (exact) mass is 242 g/mol. The summed E-state index contributed by atoms with van der Waals surface area (Å²) in [5, 5.41) is 0. The standard InChI is InChI=1S/C12H18O3S/c1-5-12(2,3)10-7-6-8-11(9-10)15-16(4,13)14/h6-9H,5H2,1-4H3. The number of rotatable bonds is 4. The molecule has 0 bridgehead atoms. The Morgan fingerprint density at radius 1 is 1.31 bits per heavy atom. The number of hydrogen-bond acceptors (Lipinski definition) is 3. The topological polar surface area (TPSA) is 43.4 Å². The van der Waals surface area contributed by atoms with E-state index in [1.165, 1.54) is 0 Å². The van der Waals surface area contributed by atoms with Crippen molar-refractivity contribution in [2.75, 3.05) is 6.26 Å². The van der Waals surface area contributed by atoms with Gasteiger partial charge in [0.1, 0.15) is 5.75 Å². The molecular weight excluding hydrogens is 224 g/mol. The molecule has 0 saturated heterocycles. The predicted octanol–water partition coefficient (Wildman–Crippen LogP) is 2.71. The van der Waals surface area contributed by atoms with Crippen molar-refractivity contribution in [1.82, 2.24) is 0 Å². The summed E-state index contributed by atoms with van der Waals surface area (Å²) in [4.78, 5) is 0. The van der Waals surface area contributed by atoms with Crippen LogP contribution in [0.2, 0.25) is 0 Å². The third-order valence-electron chi connectivity index (χ3n) is 2.75. The van der Waals surface area contributed by atoms with Crippen LogP contribution in [0.15, 0.2) is 24.3 Å². The van der Waals surface area contributed by atoms with Gasteiger partial charge in [0, 0.05) is 0 Å². The average molecular weight is 242 g/mol. The molecule has 0 amide bonds. The van der Waals surface area contributed by atoms with E-state index in [9.17, 15) is 8.42 Å². The second-order valence-corrected chi connectivity index (χ2v) is 6.13. The molecule has 0 spiro atoms. The third kappa shape index (κ3) is 3.52. The summed E-state index contributed by atoms with van der Waals surface area (Å²) >= 11 is 0. The van der Waals surface area contributed by atoms with E-state index in [-0.39, 0.29) is 5.41 Å². The van der Waals surface area contributed by atoms with Crippen molar-refractivity contribution in [2.45, 2.75) is 32.6 Å². The van der Waals surface area contributed by atoms with Gasteiger partial charge in [0.15, 0.2) is 0 Å². The van der Waals surface area contributed by atoms with Crippen molar-refractivity contribution in [3.8, 4) is 5.75 Å². The Morgan fingerprint density at radius 2 is 1.94 bits per heavy atom. The molecule has 0 unspecified atom stereocenters. The SMILES string of the molecule is CCC(C)(C)c1cccc(OS(C)(=O)=O)c1. The van der Waals surface area contributed by atoms with Crippen LogP contribution < -0.4 is 4.18 Å². The molecular formula is C12H18O3S. The lowest BCUT2D eigenvalue weighted by molar-refractivity contribution is 0.483. The van der Waals surface area contributed by atoms with Crippen LogP contribution in [0.3, 0.4) is 0 Å². The van der Waals surface area contributed by atoms with Gasteiger partial charge in [-0.15, -0.1) is 0 Å². The van der Waals surface area contributed by atoms with Crippen molar-refractivity contribution in [3.63, 3.8) is 0 Å². The van der Waals surface area contributed by atoms with Gasteiger partial charge in [-0.1, -0.05) is 32.9 Å². The summed E-state index contributed by atoms with van der Waals surface area (Å²) < 4.78 is 26.9. The van der Waals surface area contributed by atoms with Crippen LogP contribution >= 0.6 is 0 Å². The van der Waals surface area contributed by atoms with Crippen LogP contribution in [-0.4, -0.2) is 14.7 Å². The van der Waals surface area contributed by atoms with Gasteiger partial charge < -0.3 is 4.18 Å². The molecule has 0 aliphatic heterocycles. The maximum Gasteiger partial charge on any atom is 0.306 e. The molecule has 90 valence electrons. The molecule has 3 nitrogen and oxygen atoms in total. The highest BCUT2D eigenvalue weighted by atomic mass is 32.2. The third-order valence-corrected chi connectivity index (χ3v) is 3.24. The van der Waals surface area contributed by atoms with Crippen LogP contribution in [0.1, 0.15) is 32.8 Å². The lowest BCUT2D eigenvalue weighted by Gasteiger charge is -2.23. The molecule has 0 aromatic heterocycles. The van der Waals surface area contributed by atoms with E-state index in [2.05, 4.69) is 20.8 Å². The Bertz CT molecular complexity index is 461. The minimum absolute atomic E-state index is 0.0247. The largest absolute Gasteiger partial charge is 0.383 e. The molecule has 16 heavy (non-hydrogen) atoms. The average Bonchev–Trinajstić information content (AvgIpc) is 2.15. The summed E-state index contributed by atoms with van der Waals surface area (Å²) in [6.45, 7) is 6.34. The first-order valence-corrected chi connectivity index (χ1v) is 7.06. The molecule has 0 N–H and O–H groups in total. The highest BCUT2D eigenvalue weighted by Gasteiger charge is 2.18. The summed E-state index contributed by atoms with van der Waals surface area (Å²) in [5.74, 6) is 0.376.